The molecule has 0 aromatic heterocycles. The first-order valence-electron chi connectivity index (χ1n) is 7.36. The molecule has 0 aliphatic heterocycles. The van der Waals surface area contributed by atoms with E-state index in [0.29, 0.717) is 11.3 Å². The quantitative estimate of drug-likeness (QED) is 0.751. The summed E-state index contributed by atoms with van der Waals surface area (Å²) in [6, 6.07) is 11.3. The van der Waals surface area contributed by atoms with Gasteiger partial charge in [-0.2, -0.15) is 0 Å². The van der Waals surface area contributed by atoms with Crippen LogP contribution in [0, 0.1) is 12.7 Å². The summed E-state index contributed by atoms with van der Waals surface area (Å²) >= 11 is 0. The summed E-state index contributed by atoms with van der Waals surface area (Å²) in [6.45, 7) is 3.08. The van der Waals surface area contributed by atoms with E-state index in [4.69, 9.17) is 4.74 Å². The number of esters is 1. The molecule has 2 aromatic carbocycles. The van der Waals surface area contributed by atoms with Crippen LogP contribution in [0.3, 0.4) is 0 Å². The molecule has 0 aliphatic carbocycles. The number of hydrogen-bond acceptors (Lipinski definition) is 4. The van der Waals surface area contributed by atoms with Crippen molar-refractivity contribution >= 4 is 21.7 Å². The van der Waals surface area contributed by atoms with Gasteiger partial charge in [0, 0.05) is 0 Å². The van der Waals surface area contributed by atoms with Gasteiger partial charge in [-0.3, -0.25) is 9.10 Å². The van der Waals surface area contributed by atoms with Crippen molar-refractivity contribution in [2.75, 3.05) is 17.5 Å². The van der Waals surface area contributed by atoms with E-state index in [0.717, 1.165) is 16.4 Å². The minimum atomic E-state index is -4.04. The van der Waals surface area contributed by atoms with Crippen molar-refractivity contribution < 1.29 is 22.3 Å². The third-order valence-electron chi connectivity index (χ3n) is 3.36. The Morgan fingerprint density at radius 3 is 2.33 bits per heavy atom. The van der Waals surface area contributed by atoms with Crippen molar-refractivity contribution in [2.45, 2.75) is 18.7 Å². The van der Waals surface area contributed by atoms with E-state index in [1.807, 2.05) is 0 Å². The summed E-state index contributed by atoms with van der Waals surface area (Å²) in [7, 11) is -4.04. The van der Waals surface area contributed by atoms with E-state index in [1.165, 1.54) is 12.1 Å². The molecule has 7 heteroatoms. The zero-order valence-electron chi connectivity index (χ0n) is 13.4. The molecule has 0 bridgehead atoms. The average molecular weight is 351 g/mol. The van der Waals surface area contributed by atoms with Gasteiger partial charge in [0.05, 0.1) is 17.2 Å². The Morgan fingerprint density at radius 1 is 1.12 bits per heavy atom. The highest BCUT2D eigenvalue weighted by Crippen LogP contribution is 2.26. The summed E-state index contributed by atoms with van der Waals surface area (Å²) in [6.07, 6.45) is 0. The Balaban J connectivity index is 2.50. The van der Waals surface area contributed by atoms with Gasteiger partial charge in [-0.25, -0.2) is 12.8 Å². The average Bonchev–Trinajstić information content (AvgIpc) is 2.54. The van der Waals surface area contributed by atoms with Gasteiger partial charge in [-0.15, -0.1) is 0 Å². The summed E-state index contributed by atoms with van der Waals surface area (Å²) in [5.41, 5.74) is 1.06. The molecule has 2 rings (SSSR count). The molecular formula is C17H18FNO4S. The minimum absolute atomic E-state index is 0.101. The topological polar surface area (TPSA) is 63.7 Å². The van der Waals surface area contributed by atoms with Gasteiger partial charge >= 0.3 is 5.97 Å². The van der Waals surface area contributed by atoms with E-state index < -0.39 is 28.4 Å². The zero-order chi connectivity index (χ0) is 17.7. The number of benzene rings is 2. The van der Waals surface area contributed by atoms with Crippen molar-refractivity contribution in [1.82, 2.24) is 0 Å². The van der Waals surface area contributed by atoms with Crippen molar-refractivity contribution in [1.29, 1.82) is 0 Å². The fourth-order valence-electron chi connectivity index (χ4n) is 2.20. The van der Waals surface area contributed by atoms with Crippen LogP contribution < -0.4 is 4.31 Å². The molecule has 0 unspecified atom stereocenters. The van der Waals surface area contributed by atoms with E-state index >= 15 is 0 Å². The standard InChI is InChI=1S/C17H18FNO4S/c1-3-23-17(20)12-19(16-7-5-4-6-13(16)2)24(21,22)15-10-8-14(18)9-11-15/h4-11H,3,12H2,1-2H3. The third-order valence-corrected chi connectivity index (χ3v) is 5.14. The molecule has 0 N–H and O–H groups in total. The number of nitrogens with zero attached hydrogens (tertiary/aromatic N) is 1. The van der Waals surface area contributed by atoms with Gasteiger partial charge in [-0.1, -0.05) is 18.2 Å². The first-order valence-corrected chi connectivity index (χ1v) is 8.80. The zero-order valence-corrected chi connectivity index (χ0v) is 14.2. The number of anilines is 1. The van der Waals surface area contributed by atoms with Gasteiger partial charge < -0.3 is 4.74 Å². The van der Waals surface area contributed by atoms with Crippen LogP contribution in [0.1, 0.15) is 12.5 Å². The molecule has 0 spiro atoms. The number of carbonyl (C=O) groups is 1. The molecule has 128 valence electrons. The molecular weight excluding hydrogens is 333 g/mol. The molecule has 0 radical (unpaired) electrons. The first-order chi connectivity index (χ1) is 11.4. The maximum atomic E-state index is 13.1. The van der Waals surface area contributed by atoms with Crippen LogP contribution in [0.2, 0.25) is 0 Å². The predicted octanol–water partition coefficient (Wildman–Crippen LogP) is 2.89. The Kier molecular flexibility index (Phi) is 5.56. The highest BCUT2D eigenvalue weighted by molar-refractivity contribution is 7.92. The van der Waals surface area contributed by atoms with Crippen LogP contribution in [-0.2, 0) is 19.6 Å². The van der Waals surface area contributed by atoms with Crippen molar-refractivity contribution in [3.05, 3.63) is 59.9 Å². The Bertz CT molecular complexity index is 819. The lowest BCUT2D eigenvalue weighted by Crippen LogP contribution is -2.37. The van der Waals surface area contributed by atoms with Crippen LogP contribution in [-0.4, -0.2) is 27.5 Å². The number of sulfonamides is 1. The lowest BCUT2D eigenvalue weighted by Gasteiger charge is -2.25. The fourth-order valence-corrected chi connectivity index (χ4v) is 3.67. The van der Waals surface area contributed by atoms with E-state index in [-0.39, 0.29) is 11.5 Å². The highest BCUT2D eigenvalue weighted by atomic mass is 32.2. The Labute approximate surface area is 140 Å². The number of hydrogen-bond donors (Lipinski definition) is 0. The normalized spacial score (nSPS) is 11.1. The van der Waals surface area contributed by atoms with E-state index in [2.05, 4.69) is 0 Å². The summed E-state index contributed by atoms with van der Waals surface area (Å²) in [5, 5.41) is 0. The first kappa shape index (κ1) is 17.9. The van der Waals surface area contributed by atoms with Gasteiger partial charge in [0.15, 0.2) is 0 Å². The van der Waals surface area contributed by atoms with Crippen molar-refractivity contribution in [2.24, 2.45) is 0 Å². The van der Waals surface area contributed by atoms with Gasteiger partial charge in [0.1, 0.15) is 12.4 Å². The third kappa shape index (κ3) is 3.91. The molecule has 0 heterocycles. The monoisotopic (exact) mass is 351 g/mol. The molecule has 0 atom stereocenters. The van der Waals surface area contributed by atoms with Crippen LogP contribution in [0.4, 0.5) is 10.1 Å². The molecule has 5 nitrogen and oxygen atoms in total. The largest absolute Gasteiger partial charge is 0.465 e. The summed E-state index contributed by atoms with van der Waals surface area (Å²) in [5.74, 6) is -1.20. The van der Waals surface area contributed by atoms with Gasteiger partial charge in [-0.05, 0) is 49.7 Å². The number of carbonyl (C=O) groups excluding carboxylic acids is 1. The van der Waals surface area contributed by atoms with E-state index in [1.54, 1.807) is 38.1 Å². The number of para-hydroxylation sites is 1. The number of rotatable bonds is 6. The lowest BCUT2D eigenvalue weighted by atomic mass is 10.2. The number of ether oxygens (including phenoxy) is 1. The summed E-state index contributed by atoms with van der Waals surface area (Å²) in [4.78, 5) is 11.8. The summed E-state index contributed by atoms with van der Waals surface area (Å²) < 4.78 is 44.8. The molecule has 0 fully saturated rings. The van der Waals surface area contributed by atoms with Crippen molar-refractivity contribution in [3.63, 3.8) is 0 Å². The second-order valence-corrected chi connectivity index (χ2v) is 6.92. The smallest absolute Gasteiger partial charge is 0.326 e. The van der Waals surface area contributed by atoms with Crippen LogP contribution in [0.15, 0.2) is 53.4 Å². The van der Waals surface area contributed by atoms with Gasteiger partial charge in [0.25, 0.3) is 10.0 Å². The fraction of sp³-hybridized carbons (Fsp3) is 0.235. The van der Waals surface area contributed by atoms with Crippen LogP contribution in [0.5, 0.6) is 0 Å². The molecule has 24 heavy (non-hydrogen) atoms. The molecule has 0 amide bonds. The van der Waals surface area contributed by atoms with E-state index in [9.17, 15) is 17.6 Å². The van der Waals surface area contributed by atoms with Crippen LogP contribution in [0.25, 0.3) is 0 Å². The number of halogens is 1. The van der Waals surface area contributed by atoms with Crippen molar-refractivity contribution in [3.8, 4) is 0 Å². The minimum Gasteiger partial charge on any atom is -0.465 e. The Hall–Kier alpha value is -2.41. The maximum absolute atomic E-state index is 13.1. The predicted molar refractivity (Wildman–Crippen MR) is 88.7 cm³/mol. The molecule has 2 aromatic rings. The maximum Gasteiger partial charge on any atom is 0.326 e. The Morgan fingerprint density at radius 2 is 1.75 bits per heavy atom. The highest BCUT2D eigenvalue weighted by Gasteiger charge is 2.28. The molecule has 0 saturated heterocycles. The van der Waals surface area contributed by atoms with Gasteiger partial charge in [0.2, 0.25) is 0 Å². The second kappa shape index (κ2) is 7.44. The lowest BCUT2D eigenvalue weighted by molar-refractivity contribution is -0.141. The van der Waals surface area contributed by atoms with Crippen LogP contribution >= 0.6 is 0 Å². The molecule has 0 aliphatic rings. The SMILES string of the molecule is CCOC(=O)CN(c1ccccc1C)S(=O)(=O)c1ccc(F)cc1. The second-order valence-electron chi connectivity index (χ2n) is 5.06. The number of aryl methyl sites for hydroxylation is 1. The molecule has 0 saturated carbocycles.